The van der Waals surface area contributed by atoms with Crippen LogP contribution in [0.2, 0.25) is 0 Å². The fraction of sp³-hybridized carbons (Fsp3) is 0.440. The van der Waals surface area contributed by atoms with Crippen molar-refractivity contribution in [3.8, 4) is 0 Å². The van der Waals surface area contributed by atoms with Gasteiger partial charge in [-0.05, 0) is 50.9 Å². The van der Waals surface area contributed by atoms with Crippen LogP contribution in [-0.2, 0) is 20.7 Å². The Bertz CT molecular complexity index is 970. The van der Waals surface area contributed by atoms with Crippen molar-refractivity contribution in [2.75, 3.05) is 26.2 Å². The normalized spacial score (nSPS) is 19.5. The second-order valence-electron chi connectivity index (χ2n) is 9.53. The van der Waals surface area contributed by atoms with Crippen LogP contribution in [0.5, 0.6) is 0 Å². The molecule has 7 nitrogen and oxygen atoms in total. The molecular formula is C25H31BN2O5. The maximum Gasteiger partial charge on any atom is 0.494 e. The van der Waals surface area contributed by atoms with Crippen LogP contribution < -0.4 is 5.46 Å². The summed E-state index contributed by atoms with van der Waals surface area (Å²) in [6.45, 7) is 10.1. The van der Waals surface area contributed by atoms with Gasteiger partial charge in [-0.2, -0.15) is 0 Å². The van der Waals surface area contributed by atoms with Gasteiger partial charge in [0.1, 0.15) is 6.61 Å². The van der Waals surface area contributed by atoms with Gasteiger partial charge in [-0.3, -0.25) is 4.79 Å². The van der Waals surface area contributed by atoms with Crippen molar-refractivity contribution in [3.05, 3.63) is 65.7 Å². The highest BCUT2D eigenvalue weighted by Crippen LogP contribution is 2.36. The number of piperazine rings is 1. The molecule has 0 radical (unpaired) electrons. The molecule has 2 aliphatic rings. The number of nitrogens with zero attached hydrogens (tertiary/aromatic N) is 2. The molecule has 0 atom stereocenters. The van der Waals surface area contributed by atoms with Crippen molar-refractivity contribution in [1.29, 1.82) is 0 Å². The van der Waals surface area contributed by atoms with E-state index in [4.69, 9.17) is 14.0 Å². The summed E-state index contributed by atoms with van der Waals surface area (Å²) in [6.07, 6.45) is -0.349. The zero-order valence-corrected chi connectivity index (χ0v) is 19.7. The first kappa shape index (κ1) is 23.3. The maximum absolute atomic E-state index is 13.0. The Morgan fingerprint density at radius 2 is 1.39 bits per heavy atom. The van der Waals surface area contributed by atoms with Crippen molar-refractivity contribution in [2.45, 2.75) is 45.5 Å². The van der Waals surface area contributed by atoms with E-state index in [1.807, 2.05) is 82.3 Å². The van der Waals surface area contributed by atoms with E-state index in [1.54, 1.807) is 9.80 Å². The Morgan fingerprint density at radius 1 is 0.848 bits per heavy atom. The van der Waals surface area contributed by atoms with Crippen LogP contribution >= 0.6 is 0 Å². The van der Waals surface area contributed by atoms with Crippen molar-refractivity contribution in [2.24, 2.45) is 0 Å². The van der Waals surface area contributed by atoms with E-state index in [-0.39, 0.29) is 18.6 Å². The summed E-state index contributed by atoms with van der Waals surface area (Å²) >= 11 is 0. The van der Waals surface area contributed by atoms with E-state index in [0.717, 1.165) is 11.0 Å². The second-order valence-corrected chi connectivity index (χ2v) is 9.53. The molecule has 8 heteroatoms. The summed E-state index contributed by atoms with van der Waals surface area (Å²) in [4.78, 5) is 28.7. The molecule has 4 rings (SSSR count). The van der Waals surface area contributed by atoms with Crippen molar-refractivity contribution >= 4 is 24.6 Å². The topological polar surface area (TPSA) is 68.3 Å². The summed E-state index contributed by atoms with van der Waals surface area (Å²) in [7, 11) is -0.454. The predicted octanol–water partition coefficient (Wildman–Crippen LogP) is 3.08. The van der Waals surface area contributed by atoms with Gasteiger partial charge < -0.3 is 23.8 Å². The average molecular weight is 450 g/mol. The molecule has 174 valence electrons. The first-order valence-electron chi connectivity index (χ1n) is 11.4. The minimum Gasteiger partial charge on any atom is -0.445 e. The van der Waals surface area contributed by atoms with Crippen molar-refractivity contribution in [1.82, 2.24) is 9.80 Å². The van der Waals surface area contributed by atoms with E-state index in [2.05, 4.69) is 0 Å². The Labute approximate surface area is 195 Å². The molecule has 2 amide bonds. The van der Waals surface area contributed by atoms with E-state index in [9.17, 15) is 9.59 Å². The van der Waals surface area contributed by atoms with Gasteiger partial charge in [-0.15, -0.1) is 0 Å². The molecule has 0 aromatic heterocycles. The van der Waals surface area contributed by atoms with Crippen LogP contribution in [0.15, 0.2) is 54.6 Å². The lowest BCUT2D eigenvalue weighted by Gasteiger charge is -2.34. The highest BCUT2D eigenvalue weighted by Gasteiger charge is 2.51. The van der Waals surface area contributed by atoms with E-state index >= 15 is 0 Å². The van der Waals surface area contributed by atoms with Crippen molar-refractivity contribution in [3.63, 3.8) is 0 Å². The minimum atomic E-state index is -0.454. The first-order chi connectivity index (χ1) is 15.7. The Hall–Kier alpha value is -2.84. The van der Waals surface area contributed by atoms with Gasteiger partial charge in [-0.25, -0.2) is 4.79 Å². The van der Waals surface area contributed by atoms with Crippen LogP contribution in [0.4, 0.5) is 4.79 Å². The number of hydrogen-bond donors (Lipinski definition) is 0. The minimum absolute atomic E-state index is 0.0484. The Kier molecular flexibility index (Phi) is 6.50. The lowest BCUT2D eigenvalue weighted by molar-refractivity contribution is 0.00578. The number of carbonyl (C=O) groups is 2. The zero-order valence-electron chi connectivity index (χ0n) is 19.7. The van der Waals surface area contributed by atoms with E-state index in [1.165, 1.54) is 0 Å². The summed E-state index contributed by atoms with van der Waals surface area (Å²) < 4.78 is 17.6. The summed E-state index contributed by atoms with van der Waals surface area (Å²) in [5, 5.41) is 0. The maximum atomic E-state index is 13.0. The number of benzene rings is 2. The van der Waals surface area contributed by atoms with Crippen LogP contribution in [-0.4, -0.2) is 66.3 Å². The molecule has 0 N–H and O–H groups in total. The SMILES string of the molecule is CC1(C)OB(c2ccc(C(=O)N3CCN(C(=O)OCc4ccccc4)CC3)cc2)OC1(C)C. The molecule has 2 saturated heterocycles. The van der Waals surface area contributed by atoms with Gasteiger partial charge in [0.2, 0.25) is 0 Å². The number of carbonyl (C=O) groups excluding carboxylic acids is 2. The molecule has 0 bridgehead atoms. The fourth-order valence-corrected chi connectivity index (χ4v) is 3.85. The number of rotatable bonds is 4. The second kappa shape index (κ2) is 9.19. The van der Waals surface area contributed by atoms with E-state index in [0.29, 0.717) is 31.7 Å². The van der Waals surface area contributed by atoms with E-state index < -0.39 is 18.3 Å². The molecule has 2 heterocycles. The van der Waals surface area contributed by atoms with Crippen LogP contribution in [0.25, 0.3) is 0 Å². The lowest BCUT2D eigenvalue weighted by Crippen LogP contribution is -2.50. The number of hydrogen-bond acceptors (Lipinski definition) is 5. The molecule has 33 heavy (non-hydrogen) atoms. The number of amides is 2. The summed E-state index contributed by atoms with van der Waals surface area (Å²) in [5.74, 6) is -0.0484. The Balaban J connectivity index is 1.28. The zero-order chi connectivity index (χ0) is 23.6. The Morgan fingerprint density at radius 3 is 1.97 bits per heavy atom. The molecule has 2 fully saturated rings. The van der Waals surface area contributed by atoms with Crippen LogP contribution in [0, 0.1) is 0 Å². The van der Waals surface area contributed by atoms with Gasteiger partial charge in [0.25, 0.3) is 5.91 Å². The van der Waals surface area contributed by atoms with Crippen LogP contribution in [0.3, 0.4) is 0 Å². The van der Waals surface area contributed by atoms with Gasteiger partial charge >= 0.3 is 13.2 Å². The van der Waals surface area contributed by atoms with Crippen molar-refractivity contribution < 1.29 is 23.6 Å². The third-order valence-corrected chi connectivity index (χ3v) is 6.71. The molecular weight excluding hydrogens is 419 g/mol. The van der Waals surface area contributed by atoms with Gasteiger partial charge in [0.05, 0.1) is 11.2 Å². The number of ether oxygens (including phenoxy) is 1. The molecule has 2 aromatic carbocycles. The van der Waals surface area contributed by atoms with Gasteiger partial charge in [0.15, 0.2) is 0 Å². The molecule has 0 aliphatic carbocycles. The fourth-order valence-electron chi connectivity index (χ4n) is 3.85. The smallest absolute Gasteiger partial charge is 0.445 e. The quantitative estimate of drug-likeness (QED) is 0.670. The van der Waals surface area contributed by atoms with Gasteiger partial charge in [0, 0.05) is 31.7 Å². The molecule has 2 aromatic rings. The average Bonchev–Trinajstić information content (AvgIpc) is 3.04. The third kappa shape index (κ3) is 5.07. The highest BCUT2D eigenvalue weighted by molar-refractivity contribution is 6.62. The molecule has 0 unspecified atom stereocenters. The highest BCUT2D eigenvalue weighted by atomic mass is 16.7. The molecule has 0 spiro atoms. The van der Waals surface area contributed by atoms with Crippen LogP contribution in [0.1, 0.15) is 43.6 Å². The standard InChI is InChI=1S/C25H31BN2O5/c1-24(2)25(3,4)33-26(32-24)21-12-10-20(11-13-21)22(29)27-14-16-28(17-15-27)23(30)31-18-19-8-6-5-7-9-19/h5-13H,14-18H2,1-4H3. The third-order valence-electron chi connectivity index (χ3n) is 6.71. The molecule has 2 aliphatic heterocycles. The van der Waals surface area contributed by atoms with Gasteiger partial charge in [-0.1, -0.05) is 42.5 Å². The summed E-state index contributed by atoms with van der Waals surface area (Å²) in [6, 6.07) is 17.0. The lowest BCUT2D eigenvalue weighted by atomic mass is 9.79. The largest absolute Gasteiger partial charge is 0.494 e. The molecule has 0 saturated carbocycles. The first-order valence-corrected chi connectivity index (χ1v) is 11.4. The monoisotopic (exact) mass is 450 g/mol. The summed E-state index contributed by atoms with van der Waals surface area (Å²) in [5.41, 5.74) is 1.62. The predicted molar refractivity (Wildman–Crippen MR) is 126 cm³/mol.